The number of piperidine rings is 1. The Morgan fingerprint density at radius 1 is 1.26 bits per heavy atom. The van der Waals surface area contributed by atoms with Crippen LogP contribution in [0.5, 0.6) is 0 Å². The number of fused-ring (bicyclic) bond motifs is 2. The quantitative estimate of drug-likeness (QED) is 0.578. The molecule has 7 heteroatoms. The SMILES string of the molecule is COC(=O)[C@H]1[C@H]2C(=O)N3[C@H](c4ccco4)[C@H](C)C(=O)[C@H](C)[C@H]3[C@@]23C=C[C@H]1O3. The number of nitrogens with zero attached hydrogens (tertiary/aromatic N) is 1. The van der Waals surface area contributed by atoms with Gasteiger partial charge >= 0.3 is 5.97 Å². The zero-order valence-electron chi connectivity index (χ0n) is 15.3. The van der Waals surface area contributed by atoms with E-state index in [1.54, 1.807) is 23.3 Å². The molecule has 3 saturated heterocycles. The number of amides is 1. The first-order chi connectivity index (χ1) is 12.9. The van der Waals surface area contributed by atoms with E-state index in [2.05, 4.69) is 0 Å². The maximum Gasteiger partial charge on any atom is 0.312 e. The highest BCUT2D eigenvalue weighted by atomic mass is 16.5. The van der Waals surface area contributed by atoms with E-state index in [9.17, 15) is 14.4 Å². The van der Waals surface area contributed by atoms with Crippen molar-refractivity contribution in [2.45, 2.75) is 37.6 Å². The van der Waals surface area contributed by atoms with Gasteiger partial charge in [-0.2, -0.15) is 0 Å². The number of hydrogen-bond acceptors (Lipinski definition) is 6. The van der Waals surface area contributed by atoms with Gasteiger partial charge in [-0.15, -0.1) is 0 Å². The number of Topliss-reactive ketones (excluding diaryl/α,β-unsaturated/α-hetero) is 1. The Morgan fingerprint density at radius 3 is 2.70 bits per heavy atom. The molecule has 7 nitrogen and oxygen atoms in total. The molecule has 1 spiro atoms. The van der Waals surface area contributed by atoms with Crippen LogP contribution in [0.4, 0.5) is 0 Å². The summed E-state index contributed by atoms with van der Waals surface area (Å²) >= 11 is 0. The number of methoxy groups -OCH3 is 1. The Hall–Kier alpha value is -2.41. The molecule has 4 aliphatic rings. The van der Waals surface area contributed by atoms with Crippen LogP contribution in [-0.2, 0) is 23.9 Å². The van der Waals surface area contributed by atoms with E-state index in [-0.39, 0.29) is 11.7 Å². The van der Waals surface area contributed by atoms with Gasteiger partial charge in [0.15, 0.2) is 0 Å². The fourth-order valence-corrected chi connectivity index (χ4v) is 5.77. The highest BCUT2D eigenvalue weighted by Crippen LogP contribution is 2.60. The molecule has 1 amide bonds. The zero-order chi connectivity index (χ0) is 19.1. The summed E-state index contributed by atoms with van der Waals surface area (Å²) in [5, 5.41) is 0. The van der Waals surface area contributed by atoms with Crippen molar-refractivity contribution in [3.8, 4) is 0 Å². The second-order valence-corrected chi connectivity index (χ2v) is 7.95. The molecule has 2 bridgehead atoms. The van der Waals surface area contributed by atoms with Gasteiger partial charge in [-0.3, -0.25) is 14.4 Å². The van der Waals surface area contributed by atoms with Crippen LogP contribution in [0.3, 0.4) is 0 Å². The number of hydrogen-bond donors (Lipinski definition) is 0. The first-order valence-corrected chi connectivity index (χ1v) is 9.26. The molecule has 8 atom stereocenters. The van der Waals surface area contributed by atoms with Crippen molar-refractivity contribution in [3.63, 3.8) is 0 Å². The van der Waals surface area contributed by atoms with Gasteiger partial charge in [0.25, 0.3) is 0 Å². The van der Waals surface area contributed by atoms with Gasteiger partial charge in [-0.05, 0) is 12.1 Å². The molecule has 0 aromatic carbocycles. The number of carbonyl (C=O) groups is 3. The van der Waals surface area contributed by atoms with Gasteiger partial charge < -0.3 is 18.8 Å². The Morgan fingerprint density at radius 2 is 2.04 bits per heavy atom. The van der Waals surface area contributed by atoms with E-state index < -0.39 is 53.4 Å². The molecular weight excluding hydrogens is 350 g/mol. The van der Waals surface area contributed by atoms with Gasteiger partial charge in [0, 0.05) is 11.8 Å². The van der Waals surface area contributed by atoms with E-state index in [0.29, 0.717) is 5.76 Å². The van der Waals surface area contributed by atoms with Crippen molar-refractivity contribution >= 4 is 17.7 Å². The smallest absolute Gasteiger partial charge is 0.312 e. The predicted molar refractivity (Wildman–Crippen MR) is 91.2 cm³/mol. The molecule has 3 fully saturated rings. The van der Waals surface area contributed by atoms with Crippen molar-refractivity contribution in [1.29, 1.82) is 0 Å². The summed E-state index contributed by atoms with van der Waals surface area (Å²) in [6.07, 6.45) is 4.76. The normalized spacial score (nSPS) is 44.6. The summed E-state index contributed by atoms with van der Waals surface area (Å²) in [5.41, 5.74) is -0.972. The topological polar surface area (TPSA) is 86.1 Å². The van der Waals surface area contributed by atoms with Crippen LogP contribution in [0.1, 0.15) is 25.6 Å². The maximum atomic E-state index is 13.6. The van der Waals surface area contributed by atoms with Crippen molar-refractivity contribution < 1.29 is 28.3 Å². The Kier molecular flexibility index (Phi) is 3.30. The molecule has 27 heavy (non-hydrogen) atoms. The lowest BCUT2D eigenvalue weighted by Gasteiger charge is -2.46. The van der Waals surface area contributed by atoms with Crippen LogP contribution in [-0.4, -0.2) is 47.4 Å². The van der Waals surface area contributed by atoms with Gasteiger partial charge in [0.05, 0.1) is 37.5 Å². The van der Waals surface area contributed by atoms with Crippen molar-refractivity contribution in [2.24, 2.45) is 23.7 Å². The van der Waals surface area contributed by atoms with E-state index in [0.717, 1.165) is 0 Å². The lowest BCUT2D eigenvalue weighted by Crippen LogP contribution is -2.58. The Labute approximate surface area is 156 Å². The summed E-state index contributed by atoms with van der Waals surface area (Å²) in [7, 11) is 1.32. The molecule has 5 heterocycles. The number of carbonyl (C=O) groups excluding carboxylic acids is 3. The van der Waals surface area contributed by atoms with Crippen LogP contribution in [0.25, 0.3) is 0 Å². The number of ketones is 1. The number of esters is 1. The van der Waals surface area contributed by atoms with Gasteiger partial charge in [0.1, 0.15) is 23.1 Å². The van der Waals surface area contributed by atoms with E-state index >= 15 is 0 Å². The second kappa shape index (κ2) is 5.32. The molecule has 0 unspecified atom stereocenters. The van der Waals surface area contributed by atoms with Gasteiger partial charge in [-0.25, -0.2) is 0 Å². The minimum absolute atomic E-state index is 0.0717. The molecule has 1 aromatic heterocycles. The number of ether oxygens (including phenoxy) is 2. The summed E-state index contributed by atoms with van der Waals surface area (Å²) in [4.78, 5) is 40.8. The van der Waals surface area contributed by atoms with Crippen molar-refractivity contribution in [2.75, 3.05) is 7.11 Å². The standard InChI is InChI=1S/C20H21NO6/c1-9-15(12-5-4-8-26-12)21-17(10(2)16(9)22)20-7-6-11(27-20)13(19(24)25-3)14(20)18(21)23/h4-11,13-15,17H,1-3H3/t9-,10-,11+,13+,14-,15-,17-,20+/m0/s1. The summed E-state index contributed by atoms with van der Waals surface area (Å²) in [5.74, 6) is -2.15. The molecule has 142 valence electrons. The fourth-order valence-electron chi connectivity index (χ4n) is 5.77. The second-order valence-electron chi connectivity index (χ2n) is 7.95. The first-order valence-electron chi connectivity index (χ1n) is 9.26. The maximum absolute atomic E-state index is 13.6. The van der Waals surface area contributed by atoms with Crippen molar-refractivity contribution in [1.82, 2.24) is 4.90 Å². The van der Waals surface area contributed by atoms with Crippen LogP contribution >= 0.6 is 0 Å². The van der Waals surface area contributed by atoms with Gasteiger partial charge in [-0.1, -0.05) is 26.0 Å². The lowest BCUT2D eigenvalue weighted by atomic mass is 9.69. The highest BCUT2D eigenvalue weighted by Gasteiger charge is 2.75. The molecule has 0 radical (unpaired) electrons. The molecule has 0 N–H and O–H groups in total. The number of furan rings is 1. The highest BCUT2D eigenvalue weighted by molar-refractivity contribution is 5.96. The van der Waals surface area contributed by atoms with Gasteiger partial charge in [0.2, 0.25) is 5.91 Å². The summed E-state index contributed by atoms with van der Waals surface area (Å²) < 4.78 is 16.8. The lowest BCUT2D eigenvalue weighted by molar-refractivity contribution is -0.157. The average Bonchev–Trinajstić information content (AvgIpc) is 3.42. The third-order valence-electron chi connectivity index (χ3n) is 6.82. The molecular formula is C20H21NO6. The summed E-state index contributed by atoms with van der Waals surface area (Å²) in [6, 6.07) is 2.56. The summed E-state index contributed by atoms with van der Waals surface area (Å²) in [6.45, 7) is 3.67. The number of rotatable bonds is 2. The molecule has 1 aromatic rings. The van der Waals surface area contributed by atoms with Crippen LogP contribution < -0.4 is 0 Å². The third kappa shape index (κ3) is 1.83. The minimum Gasteiger partial charge on any atom is -0.469 e. The van der Waals surface area contributed by atoms with Crippen LogP contribution in [0.2, 0.25) is 0 Å². The zero-order valence-corrected chi connectivity index (χ0v) is 15.3. The van der Waals surface area contributed by atoms with Crippen molar-refractivity contribution in [3.05, 3.63) is 36.3 Å². The molecule has 0 aliphatic carbocycles. The molecule has 0 saturated carbocycles. The van der Waals surface area contributed by atoms with E-state index in [1.165, 1.54) is 7.11 Å². The van der Waals surface area contributed by atoms with E-state index in [4.69, 9.17) is 13.9 Å². The molecule has 5 rings (SSSR count). The van der Waals surface area contributed by atoms with Crippen LogP contribution in [0.15, 0.2) is 35.0 Å². The van der Waals surface area contributed by atoms with Crippen LogP contribution in [0, 0.1) is 23.7 Å². The largest absolute Gasteiger partial charge is 0.469 e. The third-order valence-corrected chi connectivity index (χ3v) is 6.82. The Balaban J connectivity index is 1.67. The monoisotopic (exact) mass is 371 g/mol. The first kappa shape index (κ1) is 16.7. The predicted octanol–water partition coefficient (Wildman–Crippen LogP) is 1.50. The van der Waals surface area contributed by atoms with E-state index in [1.807, 2.05) is 26.0 Å². The fraction of sp³-hybridized carbons (Fsp3) is 0.550. The average molecular weight is 371 g/mol. The molecule has 4 aliphatic heterocycles. The minimum atomic E-state index is -0.972. The Bertz CT molecular complexity index is 860.